The average molecular weight is 428 g/mol. The minimum atomic E-state index is -0.927. The molecule has 9 nitrogen and oxygen atoms in total. The maximum absolute atomic E-state index is 12.9. The molecule has 9 heteroatoms. The SMILES string of the molecule is CC(C)(C)OC(=O)N=C(N)N(C(=O)OC(C)(C)C)c1cccc(-c2ncccc2N)c1. The molecule has 2 aromatic rings. The Hall–Kier alpha value is -3.62. The fraction of sp³-hybridized carbons (Fsp3) is 0.364. The highest BCUT2D eigenvalue weighted by Crippen LogP contribution is 2.28. The number of amides is 2. The van der Waals surface area contributed by atoms with Gasteiger partial charge in [0.05, 0.1) is 17.1 Å². The van der Waals surface area contributed by atoms with Crippen molar-refractivity contribution in [3.8, 4) is 11.3 Å². The van der Waals surface area contributed by atoms with Crippen molar-refractivity contribution in [1.82, 2.24) is 4.98 Å². The summed E-state index contributed by atoms with van der Waals surface area (Å²) in [6, 6.07) is 10.2. The number of ether oxygens (including phenoxy) is 2. The van der Waals surface area contributed by atoms with Gasteiger partial charge in [-0.05, 0) is 65.8 Å². The van der Waals surface area contributed by atoms with Crippen LogP contribution in [-0.4, -0.2) is 34.3 Å². The van der Waals surface area contributed by atoms with Crippen molar-refractivity contribution in [1.29, 1.82) is 0 Å². The van der Waals surface area contributed by atoms with E-state index in [1.54, 1.807) is 84.1 Å². The number of nitrogens with two attached hydrogens (primary N) is 2. The summed E-state index contributed by atoms with van der Waals surface area (Å²) < 4.78 is 10.6. The Labute approximate surface area is 182 Å². The summed E-state index contributed by atoms with van der Waals surface area (Å²) in [5.41, 5.74) is 12.5. The zero-order valence-corrected chi connectivity index (χ0v) is 18.7. The molecule has 2 rings (SSSR count). The van der Waals surface area contributed by atoms with E-state index in [1.807, 2.05) is 0 Å². The number of benzene rings is 1. The topological polar surface area (TPSA) is 133 Å². The summed E-state index contributed by atoms with van der Waals surface area (Å²) in [6.07, 6.45) is -0.116. The fourth-order valence-corrected chi connectivity index (χ4v) is 2.52. The highest BCUT2D eigenvalue weighted by molar-refractivity contribution is 6.15. The van der Waals surface area contributed by atoms with Crippen LogP contribution >= 0.6 is 0 Å². The van der Waals surface area contributed by atoms with Crippen molar-refractivity contribution < 1.29 is 19.1 Å². The van der Waals surface area contributed by atoms with Crippen LogP contribution in [0.5, 0.6) is 0 Å². The molecule has 1 aromatic heterocycles. The molecule has 0 atom stereocenters. The Morgan fingerprint density at radius 1 is 1.00 bits per heavy atom. The Bertz CT molecular complexity index is 990. The van der Waals surface area contributed by atoms with Crippen LogP contribution in [0.25, 0.3) is 11.3 Å². The third kappa shape index (κ3) is 6.98. The largest absolute Gasteiger partial charge is 0.443 e. The van der Waals surface area contributed by atoms with Gasteiger partial charge in [-0.2, -0.15) is 0 Å². The Morgan fingerprint density at radius 3 is 2.23 bits per heavy atom. The first-order valence-corrected chi connectivity index (χ1v) is 9.68. The van der Waals surface area contributed by atoms with Gasteiger partial charge in [-0.15, -0.1) is 4.99 Å². The van der Waals surface area contributed by atoms with Gasteiger partial charge < -0.3 is 20.9 Å². The number of hydrogen-bond acceptors (Lipinski definition) is 6. The molecule has 0 fully saturated rings. The van der Waals surface area contributed by atoms with Crippen LogP contribution in [0, 0.1) is 0 Å². The molecule has 1 heterocycles. The Morgan fingerprint density at radius 2 is 1.65 bits per heavy atom. The van der Waals surface area contributed by atoms with Crippen LogP contribution in [-0.2, 0) is 9.47 Å². The molecule has 4 N–H and O–H groups in total. The minimum Gasteiger partial charge on any atom is -0.443 e. The molecule has 166 valence electrons. The van der Waals surface area contributed by atoms with Crippen LogP contribution in [0.15, 0.2) is 47.6 Å². The van der Waals surface area contributed by atoms with Crippen LogP contribution in [0.1, 0.15) is 41.5 Å². The molecule has 0 radical (unpaired) electrons. The zero-order chi connectivity index (χ0) is 23.4. The van der Waals surface area contributed by atoms with Crippen molar-refractivity contribution in [2.45, 2.75) is 52.7 Å². The van der Waals surface area contributed by atoms with Crippen LogP contribution in [0.3, 0.4) is 0 Å². The van der Waals surface area contributed by atoms with E-state index < -0.39 is 29.3 Å². The third-order valence-electron chi connectivity index (χ3n) is 3.62. The smallest absolute Gasteiger partial charge is 0.437 e. The minimum absolute atomic E-state index is 0.321. The lowest BCUT2D eigenvalue weighted by Crippen LogP contribution is -2.45. The summed E-state index contributed by atoms with van der Waals surface area (Å²) in [4.78, 5) is 34.1. The fourth-order valence-electron chi connectivity index (χ4n) is 2.52. The second kappa shape index (κ2) is 9.03. The molecule has 0 aliphatic heterocycles. The average Bonchev–Trinajstić information content (AvgIpc) is 2.59. The maximum Gasteiger partial charge on any atom is 0.437 e. The monoisotopic (exact) mass is 427 g/mol. The van der Waals surface area contributed by atoms with Crippen molar-refractivity contribution in [2.75, 3.05) is 10.6 Å². The first-order chi connectivity index (χ1) is 14.3. The standard InChI is InChI=1S/C22H29N5O4/c1-21(2,3)30-19(28)26-18(24)27(20(29)31-22(4,5)6)15-10-7-9-14(13-15)17-16(23)11-8-12-25-17/h7-13H,23H2,1-6H3,(H2,24,26,28). The van der Waals surface area contributed by atoms with E-state index in [-0.39, 0.29) is 0 Å². The van der Waals surface area contributed by atoms with Crippen molar-refractivity contribution >= 4 is 29.5 Å². The predicted molar refractivity (Wildman–Crippen MR) is 121 cm³/mol. The van der Waals surface area contributed by atoms with Crippen molar-refractivity contribution in [3.63, 3.8) is 0 Å². The van der Waals surface area contributed by atoms with Crippen molar-refractivity contribution in [3.05, 3.63) is 42.6 Å². The quantitative estimate of drug-likeness (QED) is 0.538. The first-order valence-electron chi connectivity index (χ1n) is 9.68. The van der Waals surface area contributed by atoms with Gasteiger partial charge in [0.1, 0.15) is 11.2 Å². The molecule has 0 spiro atoms. The van der Waals surface area contributed by atoms with Crippen LogP contribution < -0.4 is 16.4 Å². The number of aromatic nitrogens is 1. The highest BCUT2D eigenvalue weighted by Gasteiger charge is 2.28. The highest BCUT2D eigenvalue weighted by atomic mass is 16.6. The van der Waals surface area contributed by atoms with Gasteiger partial charge in [-0.25, -0.2) is 14.5 Å². The molecule has 2 amide bonds. The van der Waals surface area contributed by atoms with E-state index in [1.165, 1.54) is 0 Å². The maximum atomic E-state index is 12.9. The van der Waals surface area contributed by atoms with E-state index in [0.29, 0.717) is 22.6 Å². The number of carbonyl (C=O) groups is 2. The number of rotatable bonds is 2. The lowest BCUT2D eigenvalue weighted by atomic mass is 10.1. The number of carbonyl (C=O) groups excluding carboxylic acids is 2. The molecule has 0 aliphatic carbocycles. The van der Waals surface area contributed by atoms with Gasteiger partial charge in [0.25, 0.3) is 0 Å². The molecular formula is C22H29N5O4. The van der Waals surface area contributed by atoms with Crippen LogP contribution in [0.2, 0.25) is 0 Å². The van der Waals surface area contributed by atoms with Gasteiger partial charge in [0.15, 0.2) is 0 Å². The van der Waals surface area contributed by atoms with Crippen molar-refractivity contribution in [2.24, 2.45) is 10.7 Å². The lowest BCUT2D eigenvalue weighted by molar-refractivity contribution is 0.0601. The summed E-state index contributed by atoms with van der Waals surface area (Å²) in [5, 5.41) is 0. The first kappa shape index (κ1) is 23.7. The molecule has 0 saturated carbocycles. The second-order valence-corrected chi connectivity index (χ2v) is 8.76. The van der Waals surface area contributed by atoms with E-state index in [0.717, 1.165) is 4.90 Å². The molecule has 0 unspecified atom stereocenters. The number of nitrogens with zero attached hydrogens (tertiary/aromatic N) is 3. The number of guanidine groups is 1. The van der Waals surface area contributed by atoms with Gasteiger partial charge in [-0.3, -0.25) is 4.98 Å². The zero-order valence-electron chi connectivity index (χ0n) is 18.7. The molecular weight excluding hydrogens is 398 g/mol. The summed E-state index contributed by atoms with van der Waals surface area (Å²) in [7, 11) is 0. The van der Waals surface area contributed by atoms with Gasteiger partial charge in [0.2, 0.25) is 5.96 Å². The van der Waals surface area contributed by atoms with E-state index in [4.69, 9.17) is 20.9 Å². The molecule has 1 aromatic carbocycles. The van der Waals surface area contributed by atoms with Gasteiger partial charge in [0, 0.05) is 11.8 Å². The molecule has 31 heavy (non-hydrogen) atoms. The lowest BCUT2D eigenvalue weighted by Gasteiger charge is -2.27. The van der Waals surface area contributed by atoms with Gasteiger partial charge in [-0.1, -0.05) is 12.1 Å². The molecule has 0 bridgehead atoms. The van der Waals surface area contributed by atoms with Crippen LogP contribution in [0.4, 0.5) is 21.0 Å². The molecule has 0 saturated heterocycles. The van der Waals surface area contributed by atoms with E-state index in [2.05, 4.69) is 9.98 Å². The Kier molecular flexibility index (Phi) is 6.89. The van der Waals surface area contributed by atoms with Gasteiger partial charge >= 0.3 is 12.2 Å². The molecule has 0 aliphatic rings. The summed E-state index contributed by atoms with van der Waals surface area (Å²) >= 11 is 0. The Balaban J connectivity index is 2.51. The third-order valence-corrected chi connectivity index (χ3v) is 3.62. The van der Waals surface area contributed by atoms with E-state index >= 15 is 0 Å². The number of pyridine rings is 1. The second-order valence-electron chi connectivity index (χ2n) is 8.76. The number of hydrogen-bond donors (Lipinski definition) is 2. The van der Waals surface area contributed by atoms with E-state index in [9.17, 15) is 9.59 Å². The number of nitrogen functional groups attached to an aromatic ring is 1. The predicted octanol–water partition coefficient (Wildman–Crippen LogP) is 4.32. The summed E-state index contributed by atoms with van der Waals surface area (Å²) in [6.45, 7) is 10.2. The normalized spacial score (nSPS) is 12.3. The number of aliphatic imine (C=N–C) groups is 1. The number of anilines is 2. The summed E-state index contributed by atoms with van der Waals surface area (Å²) in [5.74, 6) is -0.394.